The first-order chi connectivity index (χ1) is 15.6. The molecule has 7 nitrogen and oxygen atoms in total. The average Bonchev–Trinajstić information content (AvgIpc) is 2.80. The number of ether oxygens (including phenoxy) is 1. The van der Waals surface area contributed by atoms with Crippen molar-refractivity contribution in [1.82, 2.24) is 10.6 Å². The quantitative estimate of drug-likeness (QED) is 0.318. The van der Waals surface area contributed by atoms with Gasteiger partial charge < -0.3 is 26.1 Å². The lowest BCUT2D eigenvalue weighted by atomic mass is 9.99. The summed E-state index contributed by atoms with van der Waals surface area (Å²) in [7, 11) is 1.83. The van der Waals surface area contributed by atoms with E-state index < -0.39 is 20.0 Å². The van der Waals surface area contributed by atoms with Crippen LogP contribution < -0.4 is 25.9 Å². The summed E-state index contributed by atoms with van der Waals surface area (Å²) in [5.74, 6) is -0.664. The molecule has 0 radical (unpaired) electrons. The summed E-state index contributed by atoms with van der Waals surface area (Å²) in [6, 6.07) is 14.0. The van der Waals surface area contributed by atoms with Crippen molar-refractivity contribution in [3.63, 3.8) is 0 Å². The number of hydrogen-bond donors (Lipinski definition) is 4. The van der Waals surface area contributed by atoms with Crippen LogP contribution in [0.1, 0.15) is 18.5 Å². The highest BCUT2D eigenvalue weighted by atomic mass is 28.3. The van der Waals surface area contributed by atoms with Crippen molar-refractivity contribution >= 4 is 37.0 Å². The minimum absolute atomic E-state index is 0.351. The molecule has 2 unspecified atom stereocenters. The van der Waals surface area contributed by atoms with Crippen LogP contribution in [0.25, 0.3) is 0 Å². The Morgan fingerprint density at radius 1 is 1.00 bits per heavy atom. The number of rotatable bonds is 10. The molecular weight excluding hydrogens is 432 g/mol. The predicted molar refractivity (Wildman–Crippen MR) is 137 cm³/mol. The molecule has 2 rings (SSSR count). The molecule has 0 bridgehead atoms. The van der Waals surface area contributed by atoms with Crippen LogP contribution in [-0.4, -0.2) is 40.3 Å². The Balaban J connectivity index is 2.29. The molecule has 0 heterocycles. The van der Waals surface area contributed by atoms with E-state index in [1.165, 1.54) is 5.19 Å². The molecule has 2 atom stereocenters. The van der Waals surface area contributed by atoms with Gasteiger partial charge in [-0.15, -0.1) is 0 Å². The molecule has 33 heavy (non-hydrogen) atoms. The van der Waals surface area contributed by atoms with Crippen LogP contribution in [-0.2, 0) is 9.59 Å². The zero-order valence-electron chi connectivity index (χ0n) is 20.2. The molecule has 0 aliphatic carbocycles. The van der Waals surface area contributed by atoms with Gasteiger partial charge in [0.25, 0.3) is 5.91 Å². The fourth-order valence-electron chi connectivity index (χ4n) is 3.24. The maximum Gasteiger partial charge on any atom is 0.251 e. The molecule has 0 aromatic heterocycles. The first-order valence-electron chi connectivity index (χ1n) is 10.8. The second-order valence-corrected chi connectivity index (χ2v) is 13.9. The fraction of sp³-hybridized carbons (Fsp3) is 0.320. The second-order valence-electron chi connectivity index (χ2n) is 8.83. The number of amides is 2. The van der Waals surface area contributed by atoms with E-state index in [9.17, 15) is 9.59 Å². The average molecular weight is 467 g/mol. The summed E-state index contributed by atoms with van der Waals surface area (Å²) in [6.07, 6.45) is 2.73. The van der Waals surface area contributed by atoms with Crippen LogP contribution in [0.4, 0.5) is 5.69 Å². The largest absolute Gasteiger partial charge is 0.497 e. The van der Waals surface area contributed by atoms with Gasteiger partial charge in [0.15, 0.2) is 0 Å². The number of nitrogens with one attached hydrogen (secondary N) is 4. The van der Waals surface area contributed by atoms with E-state index in [1.54, 1.807) is 51.5 Å². The molecule has 0 aliphatic rings. The van der Waals surface area contributed by atoms with Crippen molar-refractivity contribution in [3.05, 3.63) is 65.9 Å². The maximum absolute atomic E-state index is 13.3. The summed E-state index contributed by atoms with van der Waals surface area (Å²) in [4.78, 5) is 26.2. The normalized spacial score (nSPS) is 13.5. The minimum atomic E-state index is -1.45. The molecule has 0 saturated carbocycles. The lowest BCUT2D eigenvalue weighted by molar-refractivity contribution is -0.128. The lowest BCUT2D eigenvalue weighted by Gasteiger charge is -2.22. The topological polar surface area (TPSA) is 103 Å². The van der Waals surface area contributed by atoms with Crippen molar-refractivity contribution in [2.24, 2.45) is 5.92 Å². The Bertz CT molecular complexity index is 996. The molecule has 2 aromatic carbocycles. The highest BCUT2D eigenvalue weighted by Crippen LogP contribution is 2.21. The highest BCUT2D eigenvalue weighted by molar-refractivity contribution is 6.88. The summed E-state index contributed by atoms with van der Waals surface area (Å²) >= 11 is 0. The Morgan fingerprint density at radius 3 is 2.09 bits per heavy atom. The third-order valence-corrected chi connectivity index (χ3v) is 7.45. The van der Waals surface area contributed by atoms with E-state index in [0.717, 1.165) is 6.21 Å². The molecule has 2 aromatic rings. The van der Waals surface area contributed by atoms with Crippen molar-refractivity contribution in [2.75, 3.05) is 19.5 Å². The summed E-state index contributed by atoms with van der Waals surface area (Å²) in [5, 5.41) is 17.5. The summed E-state index contributed by atoms with van der Waals surface area (Å²) in [6.45, 7) is 8.49. The summed E-state index contributed by atoms with van der Waals surface area (Å²) < 4.78 is 5.21. The third-order valence-electron chi connectivity index (χ3n) is 5.39. The van der Waals surface area contributed by atoms with Crippen LogP contribution in [0.2, 0.25) is 19.6 Å². The molecule has 4 N–H and O–H groups in total. The van der Waals surface area contributed by atoms with Crippen molar-refractivity contribution in [1.29, 1.82) is 5.41 Å². The van der Waals surface area contributed by atoms with Gasteiger partial charge in [-0.25, -0.2) is 0 Å². The standard InChI is InChI=1S/C25H34N4O3Si/c1-17(19(15-26)16-27-2)24(30)29-23(18-7-11-21(32-3)12-8-18)25(31)28-20-9-13-22(14-10-20)33(4,5)6/h7-17,23,26-27H,1-6H3,(H,28,31)(H,29,30)/b19-16+,26-15?. The van der Waals surface area contributed by atoms with Crippen molar-refractivity contribution in [3.8, 4) is 5.75 Å². The van der Waals surface area contributed by atoms with E-state index in [1.807, 2.05) is 24.3 Å². The van der Waals surface area contributed by atoms with Gasteiger partial charge in [0, 0.05) is 25.1 Å². The van der Waals surface area contributed by atoms with E-state index in [-0.39, 0.29) is 11.8 Å². The molecule has 0 fully saturated rings. The minimum Gasteiger partial charge on any atom is -0.497 e. The lowest BCUT2D eigenvalue weighted by Crippen LogP contribution is -2.40. The van der Waals surface area contributed by atoms with Crippen molar-refractivity contribution < 1.29 is 14.3 Å². The van der Waals surface area contributed by atoms with Gasteiger partial charge in [-0.3, -0.25) is 9.59 Å². The first kappa shape index (κ1) is 25.9. The van der Waals surface area contributed by atoms with Crippen LogP contribution in [0.15, 0.2) is 60.3 Å². The Kier molecular flexibility index (Phi) is 8.99. The van der Waals surface area contributed by atoms with E-state index >= 15 is 0 Å². The smallest absolute Gasteiger partial charge is 0.251 e. The second kappa shape index (κ2) is 11.5. The number of anilines is 1. The van der Waals surface area contributed by atoms with Crippen LogP contribution >= 0.6 is 0 Å². The van der Waals surface area contributed by atoms with Crippen LogP contribution in [0.3, 0.4) is 0 Å². The van der Waals surface area contributed by atoms with E-state index in [2.05, 4.69) is 35.6 Å². The third kappa shape index (κ3) is 7.05. The van der Waals surface area contributed by atoms with Gasteiger partial charge in [0.2, 0.25) is 5.91 Å². The number of carbonyl (C=O) groups is 2. The maximum atomic E-state index is 13.3. The first-order valence-corrected chi connectivity index (χ1v) is 14.3. The van der Waals surface area contributed by atoms with Crippen LogP contribution in [0, 0.1) is 11.3 Å². The molecule has 0 aliphatic heterocycles. The molecule has 0 saturated heterocycles. The number of carbonyl (C=O) groups excluding carboxylic acids is 2. The van der Waals surface area contributed by atoms with E-state index in [0.29, 0.717) is 22.6 Å². The summed E-state index contributed by atoms with van der Waals surface area (Å²) in [5.41, 5.74) is 1.80. The number of benzene rings is 2. The Morgan fingerprint density at radius 2 is 1.61 bits per heavy atom. The molecule has 176 valence electrons. The monoisotopic (exact) mass is 466 g/mol. The predicted octanol–water partition coefficient (Wildman–Crippen LogP) is 3.43. The van der Waals surface area contributed by atoms with Gasteiger partial charge >= 0.3 is 0 Å². The fourth-order valence-corrected chi connectivity index (χ4v) is 4.41. The van der Waals surface area contributed by atoms with Gasteiger partial charge in [-0.1, -0.05) is 49.1 Å². The van der Waals surface area contributed by atoms with Crippen molar-refractivity contribution in [2.45, 2.75) is 32.6 Å². The molecular formula is C25H34N4O3Si. The molecule has 8 heteroatoms. The number of hydrogen-bond acceptors (Lipinski definition) is 5. The Hall–Kier alpha value is -3.39. The molecule has 2 amide bonds. The SMILES string of the molecule is CN/C=C(\C=N)C(C)C(=O)NC(C(=O)Nc1ccc([Si](C)(C)C)cc1)c1ccc(OC)cc1. The Labute approximate surface area is 197 Å². The van der Waals surface area contributed by atoms with E-state index in [4.69, 9.17) is 10.1 Å². The van der Waals surface area contributed by atoms with Gasteiger partial charge in [-0.2, -0.15) is 0 Å². The molecule has 0 spiro atoms. The highest BCUT2D eigenvalue weighted by Gasteiger charge is 2.27. The van der Waals surface area contributed by atoms with Crippen LogP contribution in [0.5, 0.6) is 5.75 Å². The zero-order valence-corrected chi connectivity index (χ0v) is 21.2. The zero-order chi connectivity index (χ0) is 24.6. The van der Waals surface area contributed by atoms with Gasteiger partial charge in [0.1, 0.15) is 11.8 Å². The van der Waals surface area contributed by atoms with Gasteiger partial charge in [0.05, 0.1) is 21.1 Å². The number of methoxy groups -OCH3 is 1. The van der Waals surface area contributed by atoms with Gasteiger partial charge in [-0.05, 0) is 42.3 Å².